The Morgan fingerprint density at radius 3 is 2.74 bits per heavy atom. The van der Waals surface area contributed by atoms with E-state index >= 15 is 0 Å². The van der Waals surface area contributed by atoms with Gasteiger partial charge in [0, 0.05) is 0 Å². The van der Waals surface area contributed by atoms with Crippen LogP contribution in [-0.4, -0.2) is 22.5 Å². The molecule has 0 spiro atoms. The van der Waals surface area contributed by atoms with Crippen LogP contribution in [0.25, 0.3) is 0 Å². The molecule has 23 heavy (non-hydrogen) atoms. The summed E-state index contributed by atoms with van der Waals surface area (Å²) in [7, 11) is 0. The van der Waals surface area contributed by atoms with Crippen LogP contribution in [0.4, 0.5) is 5.69 Å². The highest BCUT2D eigenvalue weighted by Gasteiger charge is 2.05. The second-order valence-electron chi connectivity index (χ2n) is 5.47. The molecule has 0 aliphatic carbocycles. The molecule has 2 aromatic rings. The Morgan fingerprint density at radius 2 is 2.09 bits per heavy atom. The molecule has 2 N–H and O–H groups in total. The van der Waals surface area contributed by atoms with E-state index in [0.717, 1.165) is 17.0 Å². The van der Waals surface area contributed by atoms with Crippen molar-refractivity contribution in [2.45, 2.75) is 20.8 Å². The summed E-state index contributed by atoms with van der Waals surface area (Å²) in [5.41, 5.74) is 4.32. The van der Waals surface area contributed by atoms with E-state index < -0.39 is 5.56 Å². The van der Waals surface area contributed by atoms with Crippen molar-refractivity contribution in [2.24, 2.45) is 11.0 Å². The largest absolute Gasteiger partial charge is 0.493 e. The zero-order valence-electron chi connectivity index (χ0n) is 13.3. The van der Waals surface area contributed by atoms with E-state index in [1.54, 1.807) is 0 Å². The number of nitrogens with zero attached hydrogens (tertiary/aromatic N) is 2. The van der Waals surface area contributed by atoms with Crippen LogP contribution in [0.3, 0.4) is 0 Å². The molecule has 1 heterocycles. The van der Waals surface area contributed by atoms with Gasteiger partial charge in [0.05, 0.1) is 18.5 Å². The van der Waals surface area contributed by atoms with Crippen molar-refractivity contribution in [1.29, 1.82) is 0 Å². The number of hydrazone groups is 1. The normalized spacial score (nSPS) is 11.6. The maximum Gasteiger partial charge on any atom is 0.285 e. The highest BCUT2D eigenvalue weighted by Crippen LogP contribution is 2.16. The number of aromatic nitrogens is 2. The number of H-pyrrole nitrogens is 1. The predicted octanol–water partition coefficient (Wildman–Crippen LogP) is 3.29. The van der Waals surface area contributed by atoms with Crippen LogP contribution in [0.2, 0.25) is 5.02 Å². The molecule has 0 aliphatic heterocycles. The predicted molar refractivity (Wildman–Crippen MR) is 92.5 cm³/mol. The van der Waals surface area contributed by atoms with Gasteiger partial charge in [-0.2, -0.15) is 10.2 Å². The van der Waals surface area contributed by atoms with E-state index in [-0.39, 0.29) is 5.02 Å². The van der Waals surface area contributed by atoms with E-state index in [9.17, 15) is 4.79 Å². The van der Waals surface area contributed by atoms with Crippen LogP contribution >= 0.6 is 11.6 Å². The molecule has 0 saturated heterocycles. The number of halogens is 1. The van der Waals surface area contributed by atoms with Crippen LogP contribution in [-0.2, 0) is 0 Å². The van der Waals surface area contributed by atoms with Crippen molar-refractivity contribution in [1.82, 2.24) is 10.2 Å². The SMILES string of the molecule is C/C(=N/Nc1cn[nH]c(=O)c1Cl)c1ccc(OCC(C)C)cc1. The van der Waals surface area contributed by atoms with Gasteiger partial charge < -0.3 is 4.74 Å². The minimum atomic E-state index is -0.462. The maximum absolute atomic E-state index is 11.3. The molecular formula is C16H19ClN4O2. The number of benzene rings is 1. The van der Waals surface area contributed by atoms with Gasteiger partial charge in [-0.15, -0.1) is 0 Å². The standard InChI is InChI=1S/C16H19ClN4O2/c1-10(2)9-23-13-6-4-12(5-7-13)11(3)19-20-14-8-18-21-16(22)15(14)17/h4-8,10H,9H2,1-3H3,(H2,20,21,22)/b19-11-. The Balaban J connectivity index is 2.06. The third-order valence-corrected chi connectivity index (χ3v) is 3.37. The highest BCUT2D eigenvalue weighted by atomic mass is 35.5. The van der Waals surface area contributed by atoms with Crippen LogP contribution in [0.15, 0.2) is 40.4 Å². The molecular weight excluding hydrogens is 316 g/mol. The molecule has 0 saturated carbocycles. The third-order valence-electron chi connectivity index (χ3n) is 3.00. The quantitative estimate of drug-likeness (QED) is 0.627. The van der Waals surface area contributed by atoms with Crippen LogP contribution in [0.1, 0.15) is 26.3 Å². The molecule has 0 fully saturated rings. The number of nitrogens with one attached hydrogen (secondary N) is 2. The van der Waals surface area contributed by atoms with Crippen molar-refractivity contribution in [3.63, 3.8) is 0 Å². The van der Waals surface area contributed by atoms with E-state index in [4.69, 9.17) is 16.3 Å². The summed E-state index contributed by atoms with van der Waals surface area (Å²) >= 11 is 5.87. The molecule has 0 atom stereocenters. The molecule has 0 bridgehead atoms. The summed E-state index contributed by atoms with van der Waals surface area (Å²) in [4.78, 5) is 11.3. The lowest BCUT2D eigenvalue weighted by Gasteiger charge is -2.09. The number of anilines is 1. The van der Waals surface area contributed by atoms with Crippen LogP contribution < -0.4 is 15.7 Å². The Morgan fingerprint density at radius 1 is 1.39 bits per heavy atom. The lowest BCUT2D eigenvalue weighted by atomic mass is 10.1. The lowest BCUT2D eigenvalue weighted by Crippen LogP contribution is -2.10. The minimum absolute atomic E-state index is 0.0222. The highest BCUT2D eigenvalue weighted by molar-refractivity contribution is 6.32. The van der Waals surface area contributed by atoms with Gasteiger partial charge in [0.25, 0.3) is 5.56 Å². The van der Waals surface area contributed by atoms with Gasteiger partial charge >= 0.3 is 0 Å². The van der Waals surface area contributed by atoms with Gasteiger partial charge in [0.1, 0.15) is 16.5 Å². The van der Waals surface area contributed by atoms with E-state index in [0.29, 0.717) is 18.2 Å². The number of hydrogen-bond donors (Lipinski definition) is 2. The van der Waals surface area contributed by atoms with Gasteiger partial charge in [0.2, 0.25) is 0 Å². The Kier molecular flexibility index (Phi) is 5.76. The Bertz CT molecular complexity index is 738. The topological polar surface area (TPSA) is 79.4 Å². The summed E-state index contributed by atoms with van der Waals surface area (Å²) in [5.74, 6) is 1.31. The summed E-state index contributed by atoms with van der Waals surface area (Å²) in [6.07, 6.45) is 1.41. The number of aromatic amines is 1. The molecule has 2 rings (SSSR count). The number of hydrogen-bond acceptors (Lipinski definition) is 5. The molecule has 1 aromatic heterocycles. The zero-order chi connectivity index (χ0) is 16.8. The second-order valence-corrected chi connectivity index (χ2v) is 5.84. The van der Waals surface area contributed by atoms with E-state index in [2.05, 4.69) is 34.6 Å². The maximum atomic E-state index is 11.3. The third kappa shape index (κ3) is 4.82. The Hall–Kier alpha value is -2.34. The summed E-state index contributed by atoms with van der Waals surface area (Å²) in [6.45, 7) is 6.74. The molecule has 122 valence electrons. The van der Waals surface area contributed by atoms with Gasteiger partial charge in [-0.25, -0.2) is 5.10 Å². The molecule has 0 radical (unpaired) electrons. The average molecular weight is 335 g/mol. The van der Waals surface area contributed by atoms with Crippen molar-refractivity contribution >= 4 is 23.0 Å². The van der Waals surface area contributed by atoms with Crippen molar-refractivity contribution in [2.75, 3.05) is 12.0 Å². The molecule has 0 amide bonds. The van der Waals surface area contributed by atoms with Crippen molar-refractivity contribution in [3.05, 3.63) is 51.4 Å². The van der Waals surface area contributed by atoms with Gasteiger partial charge in [-0.05, 0) is 42.7 Å². The number of rotatable bonds is 6. The fourth-order valence-electron chi connectivity index (χ4n) is 1.73. The van der Waals surface area contributed by atoms with Crippen LogP contribution in [0, 0.1) is 5.92 Å². The molecule has 1 aromatic carbocycles. The molecule has 0 aliphatic rings. The molecule has 0 unspecified atom stereocenters. The lowest BCUT2D eigenvalue weighted by molar-refractivity contribution is 0.271. The molecule has 6 nitrogen and oxygen atoms in total. The first kappa shape index (κ1) is 17.0. The smallest absolute Gasteiger partial charge is 0.285 e. The first-order valence-electron chi connectivity index (χ1n) is 7.24. The fourth-order valence-corrected chi connectivity index (χ4v) is 1.86. The monoisotopic (exact) mass is 334 g/mol. The Labute approximate surface area is 139 Å². The summed E-state index contributed by atoms with van der Waals surface area (Å²) < 4.78 is 5.64. The number of ether oxygens (including phenoxy) is 1. The van der Waals surface area contributed by atoms with Crippen molar-refractivity contribution in [3.8, 4) is 5.75 Å². The van der Waals surface area contributed by atoms with Gasteiger partial charge in [-0.3, -0.25) is 10.2 Å². The first-order chi connectivity index (χ1) is 11.0. The fraction of sp³-hybridized carbons (Fsp3) is 0.312. The van der Waals surface area contributed by atoms with Gasteiger partial charge in [-0.1, -0.05) is 25.4 Å². The van der Waals surface area contributed by atoms with E-state index in [1.807, 2.05) is 31.2 Å². The zero-order valence-corrected chi connectivity index (χ0v) is 14.0. The first-order valence-corrected chi connectivity index (χ1v) is 7.62. The summed E-state index contributed by atoms with van der Waals surface area (Å²) in [6, 6.07) is 7.65. The van der Waals surface area contributed by atoms with Crippen molar-refractivity contribution < 1.29 is 4.74 Å². The van der Waals surface area contributed by atoms with Gasteiger partial charge in [0.15, 0.2) is 0 Å². The molecule has 7 heteroatoms. The van der Waals surface area contributed by atoms with E-state index in [1.165, 1.54) is 6.20 Å². The summed E-state index contributed by atoms with van der Waals surface area (Å²) in [5, 5.41) is 10.2. The second kappa shape index (κ2) is 7.78. The van der Waals surface area contributed by atoms with Crippen LogP contribution in [0.5, 0.6) is 5.75 Å². The average Bonchev–Trinajstić information content (AvgIpc) is 2.54. The minimum Gasteiger partial charge on any atom is -0.493 e.